The lowest BCUT2D eigenvalue weighted by atomic mass is 9.99. The second kappa shape index (κ2) is 9.51. The fraction of sp³-hybridized carbons (Fsp3) is 0.542. The molecule has 1 saturated heterocycles. The fourth-order valence-corrected chi connectivity index (χ4v) is 7.03. The average molecular weight is 498 g/mol. The van der Waals surface area contributed by atoms with Crippen LogP contribution in [-0.4, -0.2) is 55.3 Å². The number of nitriles is 1. The number of piperidine rings is 1. The molecule has 0 radical (unpaired) electrons. The Bertz CT molecular complexity index is 1240. The molecule has 10 nitrogen and oxygen atoms in total. The number of aryl methyl sites for hydroxylation is 2. The van der Waals surface area contributed by atoms with E-state index in [1.54, 1.807) is 0 Å². The topological polar surface area (TPSA) is 123 Å². The molecule has 1 aromatic carbocycles. The Morgan fingerprint density at radius 2 is 1.83 bits per heavy atom. The molecule has 0 bridgehead atoms. The molecule has 2 aromatic rings. The van der Waals surface area contributed by atoms with E-state index in [0.29, 0.717) is 18.5 Å². The van der Waals surface area contributed by atoms with E-state index in [2.05, 4.69) is 26.1 Å². The van der Waals surface area contributed by atoms with Crippen molar-refractivity contribution in [2.75, 3.05) is 29.8 Å². The zero-order chi connectivity index (χ0) is 24.6. The minimum absolute atomic E-state index is 0.0133. The van der Waals surface area contributed by atoms with E-state index in [1.165, 1.54) is 32.5 Å². The van der Waals surface area contributed by atoms with E-state index in [1.807, 2.05) is 13.1 Å². The molecule has 2 N–H and O–H groups in total. The van der Waals surface area contributed by atoms with Crippen LogP contribution < -0.4 is 14.3 Å². The van der Waals surface area contributed by atoms with Gasteiger partial charge in [-0.1, -0.05) is 6.07 Å². The highest BCUT2D eigenvalue weighted by molar-refractivity contribution is 7.91. The van der Waals surface area contributed by atoms with Gasteiger partial charge in [-0.15, -0.1) is 0 Å². The highest BCUT2D eigenvalue weighted by Gasteiger charge is 2.35. The lowest BCUT2D eigenvalue weighted by molar-refractivity contribution is 0.254. The first-order valence-electron chi connectivity index (χ1n) is 12.2. The predicted octanol–water partition coefficient (Wildman–Crippen LogP) is 2.35. The second-order valence-electron chi connectivity index (χ2n) is 9.68. The number of carbonyl (C=O) groups is 1. The lowest BCUT2D eigenvalue weighted by Gasteiger charge is -2.36. The number of likely N-dealkylation sites (tertiary alicyclic amines) is 1. The summed E-state index contributed by atoms with van der Waals surface area (Å²) in [6, 6.07) is 3.21. The van der Waals surface area contributed by atoms with Crippen molar-refractivity contribution in [3.05, 3.63) is 40.7 Å². The molecule has 11 heteroatoms. The van der Waals surface area contributed by atoms with Gasteiger partial charge in [-0.05, 0) is 93.8 Å². The third-order valence-electron chi connectivity index (χ3n) is 7.32. The van der Waals surface area contributed by atoms with Crippen molar-refractivity contribution < 1.29 is 13.2 Å². The Morgan fingerprint density at radius 3 is 2.46 bits per heavy atom. The molecule has 186 valence electrons. The summed E-state index contributed by atoms with van der Waals surface area (Å²) in [4.78, 5) is 15.3. The molecule has 3 aliphatic rings. The van der Waals surface area contributed by atoms with Crippen molar-refractivity contribution in [3.63, 3.8) is 0 Å². The number of carbonyl (C=O) groups excluding carboxylic acids is 1. The first-order chi connectivity index (χ1) is 16.9. The molecule has 35 heavy (non-hydrogen) atoms. The van der Waals surface area contributed by atoms with E-state index >= 15 is 0 Å². The summed E-state index contributed by atoms with van der Waals surface area (Å²) >= 11 is 0. The SMILES string of the molecule is CN1CCC(N(c2cnn(CC#N)c2)S(=O)(=O)NC(=O)Nc2c3c(cc4c2CCC4)CCC3)CC1. The van der Waals surface area contributed by atoms with Crippen LogP contribution in [0.4, 0.5) is 16.2 Å². The zero-order valence-corrected chi connectivity index (χ0v) is 20.8. The van der Waals surface area contributed by atoms with E-state index in [4.69, 9.17) is 5.26 Å². The van der Waals surface area contributed by atoms with Gasteiger partial charge in [0, 0.05) is 11.7 Å². The Morgan fingerprint density at radius 1 is 1.17 bits per heavy atom. The number of nitrogens with zero attached hydrogens (tertiary/aromatic N) is 5. The third-order valence-corrected chi connectivity index (χ3v) is 8.79. The molecule has 0 atom stereocenters. The summed E-state index contributed by atoms with van der Waals surface area (Å²) in [7, 11) is -2.22. The maximum atomic E-state index is 13.6. The monoisotopic (exact) mass is 497 g/mol. The van der Waals surface area contributed by atoms with Gasteiger partial charge in [0.05, 0.1) is 24.2 Å². The summed E-state index contributed by atoms with van der Waals surface area (Å²) in [5.41, 5.74) is 5.96. The Balaban J connectivity index is 1.40. The van der Waals surface area contributed by atoms with Crippen LogP contribution in [0.15, 0.2) is 18.5 Å². The van der Waals surface area contributed by atoms with Crippen molar-refractivity contribution in [1.29, 1.82) is 5.26 Å². The molecule has 2 heterocycles. The van der Waals surface area contributed by atoms with E-state index in [-0.39, 0.29) is 12.6 Å². The first kappa shape index (κ1) is 23.6. The highest BCUT2D eigenvalue weighted by Crippen LogP contribution is 2.38. The maximum absolute atomic E-state index is 13.6. The van der Waals surface area contributed by atoms with Crippen LogP contribution in [-0.2, 0) is 42.4 Å². The van der Waals surface area contributed by atoms with Gasteiger partial charge < -0.3 is 10.2 Å². The number of hydrogen-bond acceptors (Lipinski definition) is 6. The van der Waals surface area contributed by atoms with Gasteiger partial charge in [0.2, 0.25) is 0 Å². The average Bonchev–Trinajstić information content (AvgIpc) is 3.56. The molecule has 1 aromatic heterocycles. The summed E-state index contributed by atoms with van der Waals surface area (Å²) in [5.74, 6) is 0. The molecule has 0 saturated carbocycles. The van der Waals surface area contributed by atoms with Crippen molar-refractivity contribution in [2.24, 2.45) is 0 Å². The summed E-state index contributed by atoms with van der Waals surface area (Å²) in [6.07, 6.45) is 10.1. The molecule has 5 rings (SSSR count). The van der Waals surface area contributed by atoms with E-state index in [0.717, 1.165) is 68.4 Å². The molecule has 1 fully saturated rings. The van der Waals surface area contributed by atoms with Crippen LogP contribution in [0.2, 0.25) is 0 Å². The van der Waals surface area contributed by atoms with Crippen molar-refractivity contribution in [3.8, 4) is 6.07 Å². The molecular weight excluding hydrogens is 466 g/mol. The molecule has 2 aliphatic carbocycles. The van der Waals surface area contributed by atoms with Gasteiger partial charge in [-0.2, -0.15) is 18.8 Å². The molecule has 0 spiro atoms. The molecule has 1 aliphatic heterocycles. The highest BCUT2D eigenvalue weighted by atomic mass is 32.2. The van der Waals surface area contributed by atoms with E-state index in [9.17, 15) is 13.2 Å². The minimum atomic E-state index is -4.23. The lowest BCUT2D eigenvalue weighted by Crippen LogP contribution is -2.52. The van der Waals surface area contributed by atoms with Gasteiger partial charge in [-0.25, -0.2) is 13.8 Å². The van der Waals surface area contributed by atoms with Gasteiger partial charge >= 0.3 is 16.2 Å². The normalized spacial score (nSPS) is 18.1. The Kier molecular flexibility index (Phi) is 6.42. The number of aromatic nitrogens is 2. The van der Waals surface area contributed by atoms with Crippen molar-refractivity contribution in [1.82, 2.24) is 19.4 Å². The smallest absolute Gasteiger partial charge is 0.307 e. The van der Waals surface area contributed by atoms with Crippen LogP contribution in [0.1, 0.15) is 47.9 Å². The Hall–Kier alpha value is -3.10. The van der Waals surface area contributed by atoms with E-state index < -0.39 is 16.2 Å². The van der Waals surface area contributed by atoms with Gasteiger partial charge in [0.15, 0.2) is 0 Å². The molecule has 0 unspecified atom stereocenters. The summed E-state index contributed by atoms with van der Waals surface area (Å²) in [6.45, 7) is 1.51. The van der Waals surface area contributed by atoms with Crippen molar-refractivity contribution in [2.45, 2.75) is 64.0 Å². The number of hydrogen-bond donors (Lipinski definition) is 2. The Labute approximate surface area is 206 Å². The minimum Gasteiger partial charge on any atom is -0.307 e. The molecular formula is C24H31N7O3S. The summed E-state index contributed by atoms with van der Waals surface area (Å²) in [5, 5.41) is 16.0. The number of fused-ring (bicyclic) bond motifs is 2. The third kappa shape index (κ3) is 4.73. The predicted molar refractivity (Wildman–Crippen MR) is 132 cm³/mol. The first-order valence-corrected chi connectivity index (χ1v) is 13.7. The van der Waals surface area contributed by atoms with Gasteiger partial charge in [0.1, 0.15) is 6.54 Å². The van der Waals surface area contributed by atoms with Crippen LogP contribution in [0.5, 0.6) is 0 Å². The van der Waals surface area contributed by atoms with Crippen LogP contribution >= 0.6 is 0 Å². The van der Waals surface area contributed by atoms with Crippen LogP contribution in [0, 0.1) is 11.3 Å². The summed E-state index contributed by atoms with van der Waals surface area (Å²) < 4.78 is 32.1. The maximum Gasteiger partial charge on any atom is 0.334 e. The van der Waals surface area contributed by atoms with Gasteiger partial charge in [-0.3, -0.25) is 4.68 Å². The van der Waals surface area contributed by atoms with Crippen molar-refractivity contribution >= 4 is 27.6 Å². The quantitative estimate of drug-likeness (QED) is 0.632. The largest absolute Gasteiger partial charge is 0.334 e. The van der Waals surface area contributed by atoms with Crippen LogP contribution in [0.3, 0.4) is 0 Å². The number of nitrogens with one attached hydrogen (secondary N) is 2. The number of rotatable bonds is 6. The zero-order valence-electron chi connectivity index (χ0n) is 20.0. The molecule has 2 amide bonds. The number of anilines is 2. The number of urea groups is 1. The fourth-order valence-electron chi connectivity index (χ4n) is 5.67. The number of amides is 2. The van der Waals surface area contributed by atoms with Gasteiger partial charge in [0.25, 0.3) is 0 Å². The second-order valence-corrected chi connectivity index (χ2v) is 11.2. The standard InChI is InChI=1S/C24H31N7O3S/c1-29-11-8-19(9-12-29)31(20-15-26-30(16-20)13-10-25)35(33,34)28-24(32)27-23-21-6-2-4-17(21)14-18-5-3-7-22(18)23/h14-16,19H,2-9,11-13H2,1H3,(H2,27,28,32). The van der Waals surface area contributed by atoms with Crippen LogP contribution in [0.25, 0.3) is 0 Å². The number of benzene rings is 1.